The maximum absolute atomic E-state index is 14.2. The molecule has 2 aromatic rings. The summed E-state index contributed by atoms with van der Waals surface area (Å²) >= 11 is 0. The highest BCUT2D eigenvalue weighted by molar-refractivity contribution is 5.92. The molecular weight excluding hydrogens is 455 g/mol. The van der Waals surface area contributed by atoms with Crippen LogP contribution in [0.3, 0.4) is 0 Å². The van der Waals surface area contributed by atoms with Gasteiger partial charge in [0.1, 0.15) is 34.7 Å². The Morgan fingerprint density at radius 3 is 2.58 bits per heavy atom. The van der Waals surface area contributed by atoms with Gasteiger partial charge in [-0.1, -0.05) is 19.9 Å². The van der Waals surface area contributed by atoms with Crippen LogP contribution in [0.15, 0.2) is 41.0 Å². The maximum Gasteiger partial charge on any atom is 0.270 e. The first-order chi connectivity index (χ1) is 17.2. The van der Waals surface area contributed by atoms with Gasteiger partial charge in [0.25, 0.3) is 5.56 Å². The van der Waals surface area contributed by atoms with Crippen LogP contribution in [0, 0.1) is 40.4 Å². The highest BCUT2D eigenvalue weighted by Crippen LogP contribution is 2.39. The second kappa shape index (κ2) is 10.6. The summed E-state index contributed by atoms with van der Waals surface area (Å²) in [4.78, 5) is 19.5. The van der Waals surface area contributed by atoms with E-state index in [0.29, 0.717) is 28.6 Å². The van der Waals surface area contributed by atoms with Crippen molar-refractivity contribution in [3.05, 3.63) is 57.8 Å². The molecule has 0 aliphatic heterocycles. The van der Waals surface area contributed by atoms with Gasteiger partial charge in [0, 0.05) is 32.1 Å². The van der Waals surface area contributed by atoms with Crippen LogP contribution >= 0.6 is 0 Å². The lowest BCUT2D eigenvalue weighted by Gasteiger charge is -2.40. The van der Waals surface area contributed by atoms with Crippen molar-refractivity contribution in [3.63, 3.8) is 0 Å². The van der Waals surface area contributed by atoms with E-state index in [4.69, 9.17) is 0 Å². The first-order valence-electron chi connectivity index (χ1n) is 12.6. The standard InChI is InChI=1S/C28H33FN6O/c1-17(2)16-32-24-11-7-19(29)13-22(24)18-5-9-21(10-6-18)34(3)27-23(15-31)28(36)35(4)25-12-8-20(14-30)33-26(25)27/h7-8,11-13,17-18,21-22,24,32H,5-6,9-10,16H2,1-4H3. The third-order valence-corrected chi connectivity index (χ3v) is 7.62. The van der Waals surface area contributed by atoms with E-state index in [0.717, 1.165) is 32.2 Å². The van der Waals surface area contributed by atoms with E-state index >= 15 is 0 Å². The average Bonchev–Trinajstić information content (AvgIpc) is 2.89. The van der Waals surface area contributed by atoms with Crippen molar-refractivity contribution in [2.75, 3.05) is 18.5 Å². The minimum absolute atomic E-state index is 0.0394. The Hall–Kier alpha value is -3.49. The Kier molecular flexibility index (Phi) is 7.56. The van der Waals surface area contributed by atoms with Gasteiger partial charge in [-0.3, -0.25) is 4.79 Å². The number of aromatic nitrogens is 2. The fraction of sp³-hybridized carbons (Fsp3) is 0.500. The molecule has 188 valence electrons. The minimum Gasteiger partial charge on any atom is -0.369 e. The van der Waals surface area contributed by atoms with E-state index in [1.54, 1.807) is 31.3 Å². The number of nitrogens with one attached hydrogen (secondary N) is 1. The number of aryl methyl sites for hydroxylation is 1. The van der Waals surface area contributed by atoms with Gasteiger partial charge in [-0.2, -0.15) is 10.5 Å². The SMILES string of the molecule is CC(C)CNC1C=CC(F)=CC1C1CCC(N(C)c2c(C#N)c(=O)n(C)c3ccc(C#N)nc23)CC1. The second-order valence-electron chi connectivity index (χ2n) is 10.4. The maximum atomic E-state index is 14.2. The van der Waals surface area contributed by atoms with Gasteiger partial charge in [-0.25, -0.2) is 9.37 Å². The number of nitriles is 2. The summed E-state index contributed by atoms with van der Waals surface area (Å²) in [5, 5.41) is 22.9. The highest BCUT2D eigenvalue weighted by Gasteiger charge is 2.34. The van der Waals surface area contributed by atoms with E-state index in [2.05, 4.69) is 36.3 Å². The van der Waals surface area contributed by atoms with Crippen LogP contribution in [-0.2, 0) is 7.05 Å². The number of anilines is 1. The Balaban J connectivity index is 1.59. The van der Waals surface area contributed by atoms with Crippen LogP contribution in [0.4, 0.5) is 10.1 Å². The van der Waals surface area contributed by atoms with Crippen LogP contribution in [-0.4, -0.2) is 35.2 Å². The Morgan fingerprint density at radius 1 is 1.22 bits per heavy atom. The molecular formula is C28H33FN6O. The van der Waals surface area contributed by atoms with E-state index in [1.807, 2.05) is 18.0 Å². The second-order valence-corrected chi connectivity index (χ2v) is 10.4. The van der Waals surface area contributed by atoms with Crippen molar-refractivity contribution in [2.45, 2.75) is 51.6 Å². The lowest BCUT2D eigenvalue weighted by Crippen LogP contribution is -2.43. The van der Waals surface area contributed by atoms with Gasteiger partial charge < -0.3 is 14.8 Å². The van der Waals surface area contributed by atoms with Gasteiger partial charge in [-0.05, 0) is 68.3 Å². The molecule has 8 heteroatoms. The number of halogens is 1. The third-order valence-electron chi connectivity index (χ3n) is 7.62. The molecule has 0 spiro atoms. The van der Waals surface area contributed by atoms with Gasteiger partial charge in [-0.15, -0.1) is 0 Å². The lowest BCUT2D eigenvalue weighted by molar-refractivity contribution is 0.230. The van der Waals surface area contributed by atoms with Crippen LogP contribution in [0.25, 0.3) is 11.0 Å². The van der Waals surface area contributed by atoms with Gasteiger partial charge in [0.2, 0.25) is 0 Å². The molecule has 4 rings (SSSR count). The third kappa shape index (κ3) is 4.92. The Morgan fingerprint density at radius 2 is 1.94 bits per heavy atom. The summed E-state index contributed by atoms with van der Waals surface area (Å²) in [6.07, 6.45) is 8.81. The summed E-state index contributed by atoms with van der Waals surface area (Å²) < 4.78 is 15.6. The van der Waals surface area contributed by atoms with Gasteiger partial charge >= 0.3 is 0 Å². The molecule has 2 atom stereocenters. The van der Waals surface area contributed by atoms with Crippen molar-refractivity contribution < 1.29 is 4.39 Å². The number of pyridine rings is 2. The number of fused-ring (bicyclic) bond motifs is 1. The monoisotopic (exact) mass is 488 g/mol. The van der Waals surface area contributed by atoms with E-state index in [1.165, 1.54) is 4.57 Å². The number of hydrogen-bond donors (Lipinski definition) is 1. The summed E-state index contributed by atoms with van der Waals surface area (Å²) in [5.74, 6) is 0.775. The average molecular weight is 489 g/mol. The molecule has 0 saturated heterocycles. The predicted molar refractivity (Wildman–Crippen MR) is 139 cm³/mol. The quantitative estimate of drug-likeness (QED) is 0.650. The van der Waals surface area contributed by atoms with E-state index < -0.39 is 0 Å². The summed E-state index contributed by atoms with van der Waals surface area (Å²) in [6.45, 7) is 5.21. The fourth-order valence-electron chi connectivity index (χ4n) is 5.63. The van der Waals surface area contributed by atoms with Crippen molar-refractivity contribution in [1.82, 2.24) is 14.9 Å². The van der Waals surface area contributed by atoms with Crippen LogP contribution in [0.5, 0.6) is 0 Å². The summed E-state index contributed by atoms with van der Waals surface area (Å²) in [7, 11) is 3.51. The lowest BCUT2D eigenvalue weighted by atomic mass is 9.73. The van der Waals surface area contributed by atoms with E-state index in [-0.39, 0.29) is 40.6 Å². The smallest absolute Gasteiger partial charge is 0.270 e. The molecule has 2 unspecified atom stereocenters. The van der Waals surface area contributed by atoms with Gasteiger partial charge in [0.05, 0.1) is 11.2 Å². The summed E-state index contributed by atoms with van der Waals surface area (Å²) in [5.41, 5.74) is 1.46. The number of nitrogens with zero attached hydrogens (tertiary/aromatic N) is 5. The van der Waals surface area contributed by atoms with E-state index in [9.17, 15) is 19.7 Å². The number of hydrogen-bond acceptors (Lipinski definition) is 6. The van der Waals surface area contributed by atoms with Crippen LogP contribution in [0.2, 0.25) is 0 Å². The zero-order valence-corrected chi connectivity index (χ0v) is 21.3. The van der Waals surface area contributed by atoms with Crippen LogP contribution < -0.4 is 15.8 Å². The van der Waals surface area contributed by atoms with Crippen molar-refractivity contribution in [2.24, 2.45) is 24.8 Å². The largest absolute Gasteiger partial charge is 0.369 e. The van der Waals surface area contributed by atoms with Gasteiger partial charge in [0.15, 0.2) is 0 Å². The first-order valence-corrected chi connectivity index (χ1v) is 12.6. The molecule has 0 amide bonds. The van der Waals surface area contributed by atoms with Crippen LogP contribution in [0.1, 0.15) is 50.8 Å². The molecule has 2 aliphatic rings. The Labute approximate surface area is 211 Å². The molecule has 1 fully saturated rings. The summed E-state index contributed by atoms with van der Waals surface area (Å²) in [6, 6.07) is 7.65. The minimum atomic E-state index is -0.374. The zero-order valence-electron chi connectivity index (χ0n) is 21.3. The molecule has 2 aliphatic carbocycles. The highest BCUT2D eigenvalue weighted by atomic mass is 19.1. The molecule has 2 heterocycles. The fourth-order valence-corrected chi connectivity index (χ4v) is 5.63. The molecule has 0 aromatic carbocycles. The van der Waals surface area contributed by atoms with Crippen molar-refractivity contribution in [1.29, 1.82) is 10.5 Å². The predicted octanol–water partition coefficient (Wildman–Crippen LogP) is 4.33. The molecule has 7 nitrogen and oxygen atoms in total. The normalized spacial score (nSPS) is 23.8. The molecule has 0 radical (unpaired) electrons. The first kappa shape index (κ1) is 25.6. The molecule has 1 N–H and O–H groups in total. The molecule has 0 bridgehead atoms. The topological polar surface area (TPSA) is 97.7 Å². The van der Waals surface area contributed by atoms with Crippen molar-refractivity contribution in [3.8, 4) is 12.1 Å². The number of rotatable bonds is 6. The molecule has 2 aromatic heterocycles. The van der Waals surface area contributed by atoms with Crippen molar-refractivity contribution >= 4 is 16.7 Å². The zero-order chi connectivity index (χ0) is 26.0. The molecule has 1 saturated carbocycles. The molecule has 36 heavy (non-hydrogen) atoms. The number of allylic oxidation sites excluding steroid dienone is 2. The Bertz CT molecular complexity index is 1340.